The Morgan fingerprint density at radius 1 is 1.15 bits per heavy atom. The van der Waals surface area contributed by atoms with Crippen LogP contribution in [0.2, 0.25) is 0 Å². The standard InChI is InChI=1S/C24H33N5O3S2/c1-17-20-15-21(18-4-3-5-19(25)14-18)26-24(28-10-12-32-13-11-28)23(20)33-22(17)16-27-6-8-29(9-7-27)34(2,30)31/h3-5,14-15,24,26H,6-13,16,25H2,1-2H3. The lowest BCUT2D eigenvalue weighted by molar-refractivity contribution is 0.0126. The van der Waals surface area contributed by atoms with E-state index in [1.807, 2.05) is 29.5 Å². The Morgan fingerprint density at radius 2 is 1.88 bits per heavy atom. The molecule has 10 heteroatoms. The molecule has 1 aromatic carbocycles. The molecule has 1 atom stereocenters. The van der Waals surface area contributed by atoms with E-state index < -0.39 is 10.0 Å². The number of nitrogens with one attached hydrogen (secondary N) is 1. The SMILES string of the molecule is Cc1c(CN2CCN(S(C)(=O)=O)CC2)sc2c1C=C(c1cccc(N)c1)NC2N1CCOCC1. The zero-order chi connectivity index (χ0) is 23.9. The lowest BCUT2D eigenvalue weighted by atomic mass is 9.99. The van der Waals surface area contributed by atoms with Gasteiger partial charge in [-0.3, -0.25) is 9.80 Å². The lowest BCUT2D eigenvalue weighted by Crippen LogP contribution is -2.47. The Hall–Kier alpha value is -1.95. The molecule has 0 amide bonds. The number of benzene rings is 1. The highest BCUT2D eigenvalue weighted by Gasteiger charge is 2.32. The first-order valence-electron chi connectivity index (χ1n) is 11.7. The van der Waals surface area contributed by atoms with Crippen LogP contribution in [-0.2, 0) is 21.3 Å². The summed E-state index contributed by atoms with van der Waals surface area (Å²) in [4.78, 5) is 7.53. The van der Waals surface area contributed by atoms with Crippen LogP contribution in [0, 0.1) is 6.92 Å². The molecule has 0 saturated carbocycles. The first-order chi connectivity index (χ1) is 16.3. The molecular formula is C24H33N5O3S2. The van der Waals surface area contributed by atoms with Gasteiger partial charge in [0.2, 0.25) is 10.0 Å². The van der Waals surface area contributed by atoms with Crippen molar-refractivity contribution in [2.45, 2.75) is 19.6 Å². The van der Waals surface area contributed by atoms with Crippen LogP contribution in [0.4, 0.5) is 5.69 Å². The van der Waals surface area contributed by atoms with Crippen LogP contribution in [-0.4, -0.2) is 81.3 Å². The maximum Gasteiger partial charge on any atom is 0.211 e. The predicted octanol–water partition coefficient (Wildman–Crippen LogP) is 2.15. The molecule has 1 aromatic heterocycles. The summed E-state index contributed by atoms with van der Waals surface area (Å²) in [5.74, 6) is 0. The molecule has 2 aromatic rings. The van der Waals surface area contributed by atoms with Gasteiger partial charge in [-0.05, 0) is 41.8 Å². The highest BCUT2D eigenvalue weighted by atomic mass is 32.2. The van der Waals surface area contributed by atoms with Crippen molar-refractivity contribution in [3.8, 4) is 0 Å². The van der Waals surface area contributed by atoms with E-state index in [0.717, 1.165) is 62.9 Å². The van der Waals surface area contributed by atoms with Crippen molar-refractivity contribution in [3.63, 3.8) is 0 Å². The largest absolute Gasteiger partial charge is 0.399 e. The second kappa shape index (κ2) is 9.60. The minimum atomic E-state index is -3.12. The predicted molar refractivity (Wildman–Crippen MR) is 138 cm³/mol. The zero-order valence-corrected chi connectivity index (χ0v) is 21.4. The number of hydrogen-bond acceptors (Lipinski definition) is 8. The minimum absolute atomic E-state index is 0.0971. The van der Waals surface area contributed by atoms with Crippen LogP contribution in [0.5, 0.6) is 0 Å². The van der Waals surface area contributed by atoms with E-state index in [4.69, 9.17) is 10.5 Å². The fraction of sp³-hybridized carbons (Fsp3) is 0.500. The number of morpholine rings is 1. The second-order valence-electron chi connectivity index (χ2n) is 9.25. The molecule has 1 unspecified atom stereocenters. The third-order valence-electron chi connectivity index (χ3n) is 6.93. The maximum atomic E-state index is 11.9. The van der Waals surface area contributed by atoms with Gasteiger partial charge in [-0.25, -0.2) is 8.42 Å². The first-order valence-corrected chi connectivity index (χ1v) is 14.4. The van der Waals surface area contributed by atoms with Crippen molar-refractivity contribution >= 4 is 38.8 Å². The average Bonchev–Trinajstić information content (AvgIpc) is 3.14. The number of hydrogen-bond donors (Lipinski definition) is 2. The van der Waals surface area contributed by atoms with Crippen LogP contribution in [0.15, 0.2) is 24.3 Å². The number of nitrogen functional groups attached to an aromatic ring is 1. The van der Waals surface area contributed by atoms with E-state index in [9.17, 15) is 8.42 Å². The van der Waals surface area contributed by atoms with Gasteiger partial charge in [0.1, 0.15) is 6.17 Å². The van der Waals surface area contributed by atoms with Crippen molar-refractivity contribution < 1.29 is 13.2 Å². The summed E-state index contributed by atoms with van der Waals surface area (Å²) < 4.78 is 30.9. The number of sulfonamides is 1. The molecule has 34 heavy (non-hydrogen) atoms. The number of fused-ring (bicyclic) bond motifs is 1. The molecule has 4 heterocycles. The third-order valence-corrected chi connectivity index (χ3v) is 9.57. The number of nitrogens with zero attached hydrogens (tertiary/aromatic N) is 3. The molecule has 8 nitrogen and oxygen atoms in total. The molecule has 0 radical (unpaired) electrons. The van der Waals surface area contributed by atoms with Gasteiger partial charge in [0.25, 0.3) is 0 Å². The van der Waals surface area contributed by atoms with E-state index in [-0.39, 0.29) is 6.17 Å². The molecule has 184 valence electrons. The van der Waals surface area contributed by atoms with Gasteiger partial charge in [0, 0.05) is 67.0 Å². The van der Waals surface area contributed by atoms with Crippen molar-refractivity contribution in [3.05, 3.63) is 50.7 Å². The average molecular weight is 504 g/mol. The van der Waals surface area contributed by atoms with Gasteiger partial charge in [-0.2, -0.15) is 4.31 Å². The highest BCUT2D eigenvalue weighted by Crippen LogP contribution is 2.41. The smallest absolute Gasteiger partial charge is 0.211 e. The van der Waals surface area contributed by atoms with Gasteiger partial charge in [0.15, 0.2) is 0 Å². The number of piperazine rings is 1. The van der Waals surface area contributed by atoms with Crippen LogP contribution in [0.25, 0.3) is 11.8 Å². The van der Waals surface area contributed by atoms with Gasteiger partial charge in [0.05, 0.1) is 19.5 Å². The maximum absolute atomic E-state index is 11.9. The van der Waals surface area contributed by atoms with Gasteiger partial charge < -0.3 is 15.8 Å². The Labute approximate surface area is 206 Å². The monoisotopic (exact) mass is 503 g/mol. The Morgan fingerprint density at radius 3 is 2.56 bits per heavy atom. The molecule has 3 N–H and O–H groups in total. The summed E-state index contributed by atoms with van der Waals surface area (Å²) in [6.07, 6.45) is 3.65. The fourth-order valence-corrected chi connectivity index (χ4v) is 7.16. The molecule has 2 fully saturated rings. The summed E-state index contributed by atoms with van der Waals surface area (Å²) in [6, 6.07) is 8.02. The molecule has 5 rings (SSSR count). The first kappa shape index (κ1) is 23.8. The van der Waals surface area contributed by atoms with Crippen LogP contribution >= 0.6 is 11.3 Å². The molecule has 0 spiro atoms. The van der Waals surface area contributed by atoms with E-state index in [2.05, 4.69) is 34.2 Å². The van der Waals surface area contributed by atoms with E-state index in [0.29, 0.717) is 13.1 Å². The van der Waals surface area contributed by atoms with Gasteiger partial charge >= 0.3 is 0 Å². The van der Waals surface area contributed by atoms with E-state index in [1.54, 1.807) is 4.31 Å². The molecular weight excluding hydrogens is 470 g/mol. The van der Waals surface area contributed by atoms with Crippen molar-refractivity contribution in [2.24, 2.45) is 0 Å². The topological polar surface area (TPSA) is 91.1 Å². The van der Waals surface area contributed by atoms with Gasteiger partial charge in [-0.15, -0.1) is 11.3 Å². The molecule has 0 aliphatic carbocycles. The number of thiophene rings is 1. The quantitative estimate of drug-likeness (QED) is 0.604. The summed E-state index contributed by atoms with van der Waals surface area (Å²) in [5.41, 5.74) is 11.6. The Bertz CT molecular complexity index is 1180. The van der Waals surface area contributed by atoms with Crippen molar-refractivity contribution in [2.75, 3.05) is 64.5 Å². The van der Waals surface area contributed by atoms with Crippen molar-refractivity contribution in [1.29, 1.82) is 0 Å². The normalized spacial score (nSPS) is 22.8. The minimum Gasteiger partial charge on any atom is -0.399 e. The molecule has 3 aliphatic heterocycles. The molecule has 3 aliphatic rings. The molecule has 0 bridgehead atoms. The highest BCUT2D eigenvalue weighted by molar-refractivity contribution is 7.88. The zero-order valence-electron chi connectivity index (χ0n) is 19.8. The Balaban J connectivity index is 1.44. The summed E-state index contributed by atoms with van der Waals surface area (Å²) >= 11 is 1.88. The molecule has 2 saturated heterocycles. The van der Waals surface area contributed by atoms with Crippen LogP contribution in [0.1, 0.15) is 32.6 Å². The summed E-state index contributed by atoms with van der Waals surface area (Å²) in [7, 11) is -3.12. The summed E-state index contributed by atoms with van der Waals surface area (Å²) in [6.45, 7) is 8.95. The fourth-order valence-electron chi connectivity index (χ4n) is 4.92. The van der Waals surface area contributed by atoms with Crippen LogP contribution in [0.3, 0.4) is 0 Å². The number of anilines is 1. The summed E-state index contributed by atoms with van der Waals surface area (Å²) in [5, 5.41) is 3.79. The number of nitrogens with two attached hydrogens (primary N) is 1. The van der Waals surface area contributed by atoms with Gasteiger partial charge in [-0.1, -0.05) is 12.1 Å². The van der Waals surface area contributed by atoms with Crippen molar-refractivity contribution in [1.82, 2.24) is 19.4 Å². The van der Waals surface area contributed by atoms with E-state index in [1.165, 1.54) is 27.1 Å². The number of ether oxygens (including phenoxy) is 1. The third kappa shape index (κ3) is 4.89. The number of rotatable bonds is 5. The lowest BCUT2D eigenvalue weighted by Gasteiger charge is -2.37. The Kier molecular flexibility index (Phi) is 6.71. The second-order valence-corrected chi connectivity index (χ2v) is 12.4. The van der Waals surface area contributed by atoms with Crippen LogP contribution < -0.4 is 11.1 Å². The van der Waals surface area contributed by atoms with E-state index >= 15 is 0 Å².